The lowest BCUT2D eigenvalue weighted by Crippen LogP contribution is -2.60. The zero-order valence-electron chi connectivity index (χ0n) is 16.5. The highest BCUT2D eigenvalue weighted by Crippen LogP contribution is 2.35. The maximum absolute atomic E-state index is 13.1. The summed E-state index contributed by atoms with van der Waals surface area (Å²) >= 11 is 0. The van der Waals surface area contributed by atoms with Crippen molar-refractivity contribution in [2.24, 2.45) is 0 Å². The Morgan fingerprint density at radius 3 is 2.59 bits per heavy atom. The van der Waals surface area contributed by atoms with Gasteiger partial charge in [0.25, 0.3) is 11.5 Å². The molecule has 1 amide bonds. The van der Waals surface area contributed by atoms with Crippen LogP contribution in [0.5, 0.6) is 0 Å². The zero-order chi connectivity index (χ0) is 20.6. The highest BCUT2D eigenvalue weighted by atomic mass is 16.3. The Kier molecular flexibility index (Phi) is 4.94. The summed E-state index contributed by atoms with van der Waals surface area (Å²) in [5.74, 6) is -0.418. The van der Waals surface area contributed by atoms with E-state index in [1.54, 1.807) is 23.1 Å². The summed E-state index contributed by atoms with van der Waals surface area (Å²) in [7, 11) is 3.77. The molecule has 2 heterocycles. The number of hydrogen-bond donors (Lipinski definition) is 2. The van der Waals surface area contributed by atoms with Gasteiger partial charge in [-0.15, -0.1) is 0 Å². The third-order valence-corrected chi connectivity index (χ3v) is 5.69. The number of fused-ring (bicyclic) bond motifs is 1. The number of H-pyrrole nitrogens is 1. The summed E-state index contributed by atoms with van der Waals surface area (Å²) in [6.45, 7) is 0.633. The summed E-state index contributed by atoms with van der Waals surface area (Å²) in [6.07, 6.45) is 0.372. The number of carbonyl (C=O) groups excluding carboxylic acids is 1. The van der Waals surface area contributed by atoms with E-state index < -0.39 is 17.1 Å². The SMILES string of the molecule is CN(C)[C@@H]1CN(C(=O)c2nc3ccccc3[nH]c2=O)CC[C@]1(O)c1ccccc1. The van der Waals surface area contributed by atoms with Crippen molar-refractivity contribution in [1.82, 2.24) is 19.8 Å². The van der Waals surface area contributed by atoms with Gasteiger partial charge in [-0.1, -0.05) is 42.5 Å². The second-order valence-corrected chi connectivity index (χ2v) is 7.70. The van der Waals surface area contributed by atoms with E-state index in [0.717, 1.165) is 5.56 Å². The van der Waals surface area contributed by atoms with Crippen LogP contribution in [-0.4, -0.2) is 64.0 Å². The Bertz CT molecular complexity index is 1100. The fourth-order valence-electron chi connectivity index (χ4n) is 4.09. The number of likely N-dealkylation sites (tertiary alicyclic amines) is 1. The van der Waals surface area contributed by atoms with Crippen molar-refractivity contribution >= 4 is 16.9 Å². The minimum atomic E-state index is -1.08. The average molecular weight is 392 g/mol. The van der Waals surface area contributed by atoms with Gasteiger partial charge in [0.1, 0.15) is 5.60 Å². The molecule has 1 aliphatic rings. The van der Waals surface area contributed by atoms with Crippen molar-refractivity contribution in [2.45, 2.75) is 18.1 Å². The van der Waals surface area contributed by atoms with E-state index in [1.807, 2.05) is 55.4 Å². The number of aromatic amines is 1. The normalized spacial score (nSPS) is 22.2. The van der Waals surface area contributed by atoms with E-state index in [2.05, 4.69) is 9.97 Å². The quantitative estimate of drug-likeness (QED) is 0.707. The molecule has 1 aliphatic heterocycles. The molecule has 2 atom stereocenters. The first kappa shape index (κ1) is 19.3. The highest BCUT2D eigenvalue weighted by Gasteiger charge is 2.45. The van der Waals surface area contributed by atoms with Gasteiger partial charge in [0.05, 0.1) is 17.1 Å². The molecule has 1 fully saturated rings. The molecule has 7 heteroatoms. The third kappa shape index (κ3) is 3.43. The number of benzene rings is 2. The first-order chi connectivity index (χ1) is 13.9. The van der Waals surface area contributed by atoms with E-state index in [9.17, 15) is 14.7 Å². The topological polar surface area (TPSA) is 89.5 Å². The van der Waals surface area contributed by atoms with Gasteiger partial charge in [-0.25, -0.2) is 4.98 Å². The van der Waals surface area contributed by atoms with E-state index in [4.69, 9.17) is 0 Å². The number of amides is 1. The summed E-state index contributed by atoms with van der Waals surface area (Å²) in [6, 6.07) is 16.3. The number of nitrogens with zero attached hydrogens (tertiary/aromatic N) is 3. The molecule has 7 nitrogen and oxygen atoms in total. The van der Waals surface area contributed by atoms with Gasteiger partial charge in [-0.05, 0) is 38.2 Å². The zero-order valence-corrected chi connectivity index (χ0v) is 16.5. The van der Waals surface area contributed by atoms with E-state index >= 15 is 0 Å². The van der Waals surface area contributed by atoms with Crippen molar-refractivity contribution in [2.75, 3.05) is 27.2 Å². The van der Waals surface area contributed by atoms with E-state index in [-0.39, 0.29) is 11.7 Å². The number of piperidine rings is 1. The predicted octanol–water partition coefficient (Wildman–Crippen LogP) is 1.59. The Hall–Kier alpha value is -3.03. The van der Waals surface area contributed by atoms with Gasteiger partial charge in [0.2, 0.25) is 0 Å². The molecule has 29 heavy (non-hydrogen) atoms. The number of aliphatic hydroxyl groups is 1. The molecule has 1 saturated heterocycles. The van der Waals surface area contributed by atoms with Crippen LogP contribution in [0.1, 0.15) is 22.5 Å². The molecule has 0 radical (unpaired) electrons. The van der Waals surface area contributed by atoms with Gasteiger partial charge < -0.3 is 19.9 Å². The van der Waals surface area contributed by atoms with Crippen LogP contribution in [-0.2, 0) is 5.60 Å². The number of para-hydroxylation sites is 2. The second-order valence-electron chi connectivity index (χ2n) is 7.70. The Morgan fingerprint density at radius 2 is 1.86 bits per heavy atom. The average Bonchev–Trinajstić information content (AvgIpc) is 2.73. The van der Waals surface area contributed by atoms with Crippen LogP contribution in [0.15, 0.2) is 59.4 Å². The van der Waals surface area contributed by atoms with E-state index in [0.29, 0.717) is 30.5 Å². The molecule has 0 unspecified atom stereocenters. The Labute approximate surface area is 168 Å². The van der Waals surface area contributed by atoms with Crippen molar-refractivity contribution in [3.8, 4) is 0 Å². The maximum atomic E-state index is 13.1. The minimum absolute atomic E-state index is 0.119. The second kappa shape index (κ2) is 7.42. The predicted molar refractivity (Wildman–Crippen MR) is 111 cm³/mol. The molecule has 3 aromatic rings. The summed E-state index contributed by atoms with van der Waals surface area (Å²) < 4.78 is 0. The van der Waals surface area contributed by atoms with Crippen molar-refractivity contribution in [1.29, 1.82) is 0 Å². The molecular formula is C22H24N4O3. The Morgan fingerprint density at radius 1 is 1.17 bits per heavy atom. The number of hydrogen-bond acceptors (Lipinski definition) is 5. The molecule has 1 aromatic heterocycles. The number of likely N-dealkylation sites (N-methyl/N-ethyl adjacent to an activating group) is 1. The molecule has 2 N–H and O–H groups in total. The van der Waals surface area contributed by atoms with Crippen LogP contribution >= 0.6 is 0 Å². The minimum Gasteiger partial charge on any atom is -0.383 e. The highest BCUT2D eigenvalue weighted by molar-refractivity contribution is 5.93. The van der Waals surface area contributed by atoms with Gasteiger partial charge in [0.15, 0.2) is 5.69 Å². The first-order valence-electron chi connectivity index (χ1n) is 9.63. The van der Waals surface area contributed by atoms with Gasteiger partial charge >= 0.3 is 0 Å². The largest absolute Gasteiger partial charge is 0.383 e. The molecule has 0 aliphatic carbocycles. The van der Waals surface area contributed by atoms with Crippen molar-refractivity contribution in [3.05, 3.63) is 76.2 Å². The number of aromatic nitrogens is 2. The van der Waals surface area contributed by atoms with Crippen LogP contribution in [0.2, 0.25) is 0 Å². The molecule has 2 aromatic carbocycles. The standard InChI is InChI=1S/C22H24N4O3/c1-25(2)18-14-26(13-12-22(18,29)15-8-4-3-5-9-15)21(28)19-20(27)24-17-11-7-6-10-16(17)23-19/h3-11,18,29H,12-14H2,1-2H3,(H,24,27)/t18-,22+/m1/s1. The molecule has 4 rings (SSSR count). The smallest absolute Gasteiger partial charge is 0.280 e. The molecule has 150 valence electrons. The van der Waals surface area contributed by atoms with Gasteiger partial charge in [0, 0.05) is 13.1 Å². The fourth-order valence-corrected chi connectivity index (χ4v) is 4.09. The van der Waals surface area contributed by atoms with Crippen molar-refractivity contribution < 1.29 is 9.90 Å². The van der Waals surface area contributed by atoms with Crippen LogP contribution in [0.3, 0.4) is 0 Å². The van der Waals surface area contributed by atoms with Crippen molar-refractivity contribution in [3.63, 3.8) is 0 Å². The first-order valence-corrected chi connectivity index (χ1v) is 9.63. The maximum Gasteiger partial charge on any atom is 0.280 e. The van der Waals surface area contributed by atoms with Gasteiger partial charge in [-0.3, -0.25) is 9.59 Å². The molecule has 0 saturated carbocycles. The number of rotatable bonds is 3. The lowest BCUT2D eigenvalue weighted by molar-refractivity contribution is -0.0811. The van der Waals surface area contributed by atoms with Crippen LogP contribution in [0.4, 0.5) is 0 Å². The van der Waals surface area contributed by atoms with Crippen LogP contribution in [0, 0.1) is 0 Å². The molecule has 0 spiro atoms. The molecule has 0 bridgehead atoms. The number of carbonyl (C=O) groups is 1. The van der Waals surface area contributed by atoms with Gasteiger partial charge in [-0.2, -0.15) is 0 Å². The van der Waals surface area contributed by atoms with Crippen LogP contribution < -0.4 is 5.56 Å². The van der Waals surface area contributed by atoms with Crippen LogP contribution in [0.25, 0.3) is 11.0 Å². The summed E-state index contributed by atoms with van der Waals surface area (Å²) in [5, 5.41) is 11.5. The fraction of sp³-hybridized carbons (Fsp3) is 0.318. The summed E-state index contributed by atoms with van der Waals surface area (Å²) in [5.41, 5.74) is 0.290. The third-order valence-electron chi connectivity index (χ3n) is 5.69. The summed E-state index contributed by atoms with van der Waals surface area (Å²) in [4.78, 5) is 36.1. The lowest BCUT2D eigenvalue weighted by atomic mass is 9.79. The monoisotopic (exact) mass is 392 g/mol. The van der Waals surface area contributed by atoms with E-state index in [1.165, 1.54) is 0 Å². The number of nitrogens with one attached hydrogen (secondary N) is 1. The Balaban J connectivity index is 1.65. The molecular weight excluding hydrogens is 368 g/mol. The lowest BCUT2D eigenvalue weighted by Gasteiger charge is -2.47.